The number of amides is 1. The smallest absolute Gasteiger partial charge is 0.407 e. The molecule has 1 aliphatic rings. The summed E-state index contributed by atoms with van der Waals surface area (Å²) in [5.41, 5.74) is 1.60. The van der Waals surface area contributed by atoms with Crippen LogP contribution in [-0.2, 0) is 11.3 Å². The summed E-state index contributed by atoms with van der Waals surface area (Å²) < 4.78 is 20.3. The molecule has 1 aliphatic heterocycles. The molecular formula is C23H26FN5O5. The number of rotatable bonds is 7. The van der Waals surface area contributed by atoms with E-state index >= 15 is 0 Å². The van der Waals surface area contributed by atoms with Crippen molar-refractivity contribution < 1.29 is 18.5 Å². The first-order valence-electron chi connectivity index (χ1n) is 11.1. The van der Waals surface area contributed by atoms with Crippen molar-refractivity contribution in [2.75, 3.05) is 37.6 Å². The van der Waals surface area contributed by atoms with Gasteiger partial charge in [0.1, 0.15) is 12.4 Å². The third kappa shape index (κ3) is 4.79. The molecule has 0 bridgehead atoms. The molecule has 1 amide bonds. The minimum absolute atomic E-state index is 0.0266. The molecule has 1 unspecified atom stereocenters. The highest BCUT2D eigenvalue weighted by Crippen LogP contribution is 2.28. The number of anilines is 1. The highest BCUT2D eigenvalue weighted by Gasteiger charge is 2.23. The number of piperazine rings is 1. The molecule has 0 radical (unpaired) electrons. The Morgan fingerprint density at radius 1 is 1.21 bits per heavy atom. The SMILES string of the molecule is CCN1CCN(c2ccc(F)cc2C(C)NC(=O)Cn2c(=O)oc3cc([N+](=O)[O-])ccc32)CC1. The zero-order valence-electron chi connectivity index (χ0n) is 19.0. The van der Waals surface area contributed by atoms with Gasteiger partial charge in [-0.2, -0.15) is 0 Å². The van der Waals surface area contributed by atoms with Crippen molar-refractivity contribution in [3.8, 4) is 0 Å². The van der Waals surface area contributed by atoms with Crippen molar-refractivity contribution in [3.05, 3.63) is 68.4 Å². The van der Waals surface area contributed by atoms with Crippen LogP contribution >= 0.6 is 0 Å². The van der Waals surface area contributed by atoms with Crippen molar-refractivity contribution in [2.24, 2.45) is 0 Å². The molecule has 10 nitrogen and oxygen atoms in total. The Kier molecular flexibility index (Phi) is 6.64. The second-order valence-corrected chi connectivity index (χ2v) is 8.28. The lowest BCUT2D eigenvalue weighted by Gasteiger charge is -2.37. The summed E-state index contributed by atoms with van der Waals surface area (Å²) in [5.74, 6) is -1.66. The Morgan fingerprint density at radius 3 is 2.62 bits per heavy atom. The van der Waals surface area contributed by atoms with Gasteiger partial charge in [-0.3, -0.25) is 19.5 Å². The maximum atomic E-state index is 14.1. The van der Waals surface area contributed by atoms with E-state index < -0.39 is 28.4 Å². The lowest BCUT2D eigenvalue weighted by atomic mass is 10.0. The molecule has 3 aromatic rings. The van der Waals surface area contributed by atoms with Crippen LogP contribution in [0.25, 0.3) is 11.1 Å². The van der Waals surface area contributed by atoms with Gasteiger partial charge in [0.25, 0.3) is 5.69 Å². The number of non-ortho nitro benzene ring substituents is 1. The minimum Gasteiger partial charge on any atom is -0.407 e. The van der Waals surface area contributed by atoms with E-state index in [1.54, 1.807) is 13.0 Å². The van der Waals surface area contributed by atoms with E-state index in [1.807, 2.05) is 0 Å². The fourth-order valence-electron chi connectivity index (χ4n) is 4.29. The van der Waals surface area contributed by atoms with E-state index in [1.165, 1.54) is 24.3 Å². The Bertz CT molecular complexity index is 1280. The van der Waals surface area contributed by atoms with Crippen molar-refractivity contribution in [2.45, 2.75) is 26.4 Å². The van der Waals surface area contributed by atoms with E-state index in [0.717, 1.165) is 49.0 Å². The fraction of sp³-hybridized carbons (Fsp3) is 0.391. The molecule has 2 aromatic carbocycles. The van der Waals surface area contributed by atoms with E-state index in [9.17, 15) is 24.1 Å². The molecule has 1 saturated heterocycles. The van der Waals surface area contributed by atoms with Gasteiger partial charge in [-0.05, 0) is 37.7 Å². The highest BCUT2D eigenvalue weighted by atomic mass is 19.1. The van der Waals surface area contributed by atoms with Crippen LogP contribution in [0, 0.1) is 15.9 Å². The third-order valence-electron chi connectivity index (χ3n) is 6.16. The topological polar surface area (TPSA) is 114 Å². The second kappa shape index (κ2) is 9.64. The first kappa shape index (κ1) is 23.4. The monoisotopic (exact) mass is 471 g/mol. The number of aromatic nitrogens is 1. The van der Waals surface area contributed by atoms with Gasteiger partial charge in [0.05, 0.1) is 22.5 Å². The number of halogens is 1. The zero-order chi connectivity index (χ0) is 24.4. The summed E-state index contributed by atoms with van der Waals surface area (Å²) in [7, 11) is 0. The zero-order valence-corrected chi connectivity index (χ0v) is 19.0. The average Bonchev–Trinajstić information content (AvgIpc) is 3.13. The van der Waals surface area contributed by atoms with Crippen molar-refractivity contribution >= 4 is 28.4 Å². The lowest BCUT2D eigenvalue weighted by molar-refractivity contribution is -0.384. The number of carbonyl (C=O) groups excluding carboxylic acids is 1. The highest BCUT2D eigenvalue weighted by molar-refractivity contribution is 5.81. The summed E-state index contributed by atoms with van der Waals surface area (Å²) in [5, 5.41) is 13.8. The predicted molar refractivity (Wildman–Crippen MR) is 124 cm³/mol. The summed E-state index contributed by atoms with van der Waals surface area (Å²) in [6.07, 6.45) is 0. The molecule has 2 heterocycles. The first-order chi connectivity index (χ1) is 16.3. The maximum absolute atomic E-state index is 14.1. The van der Waals surface area contributed by atoms with Crippen molar-refractivity contribution in [1.29, 1.82) is 0 Å². The van der Waals surface area contributed by atoms with Crippen LogP contribution in [0.15, 0.2) is 45.6 Å². The number of oxazole rings is 1. The van der Waals surface area contributed by atoms with Crippen LogP contribution in [0.4, 0.5) is 15.8 Å². The molecule has 34 heavy (non-hydrogen) atoms. The van der Waals surface area contributed by atoms with Crippen LogP contribution in [-0.4, -0.2) is 53.0 Å². The van der Waals surface area contributed by atoms with Crippen LogP contribution in [0.5, 0.6) is 0 Å². The summed E-state index contributed by atoms with van der Waals surface area (Å²) in [6.45, 7) is 7.93. The number of fused-ring (bicyclic) bond motifs is 1. The fourth-order valence-corrected chi connectivity index (χ4v) is 4.29. The third-order valence-corrected chi connectivity index (χ3v) is 6.16. The van der Waals surface area contributed by atoms with E-state index in [4.69, 9.17) is 4.42 Å². The molecule has 0 aliphatic carbocycles. The van der Waals surface area contributed by atoms with Gasteiger partial charge in [0.15, 0.2) is 5.58 Å². The Morgan fingerprint density at radius 2 is 1.94 bits per heavy atom. The largest absolute Gasteiger partial charge is 0.420 e. The van der Waals surface area contributed by atoms with Crippen LogP contribution < -0.4 is 16.0 Å². The Balaban J connectivity index is 1.51. The van der Waals surface area contributed by atoms with Crippen LogP contribution in [0.2, 0.25) is 0 Å². The normalized spacial score (nSPS) is 15.4. The molecule has 0 saturated carbocycles. The van der Waals surface area contributed by atoms with Gasteiger partial charge < -0.3 is 19.5 Å². The molecule has 1 fully saturated rings. The van der Waals surface area contributed by atoms with Gasteiger partial charge in [-0.25, -0.2) is 9.18 Å². The van der Waals surface area contributed by atoms with Gasteiger partial charge in [0.2, 0.25) is 5.91 Å². The average molecular weight is 471 g/mol. The number of benzene rings is 2. The second-order valence-electron chi connectivity index (χ2n) is 8.28. The van der Waals surface area contributed by atoms with Gasteiger partial charge >= 0.3 is 5.76 Å². The van der Waals surface area contributed by atoms with Gasteiger partial charge in [-0.1, -0.05) is 6.92 Å². The number of nitrogens with one attached hydrogen (secondary N) is 1. The molecule has 11 heteroatoms. The van der Waals surface area contributed by atoms with Gasteiger partial charge in [-0.15, -0.1) is 0 Å². The number of nitro groups is 1. The standard InChI is InChI=1S/C23H26FN5O5/c1-3-26-8-10-27(11-9-26)19-6-4-16(24)12-18(19)15(2)25-22(30)14-28-20-7-5-17(29(32)33)13-21(20)34-23(28)31/h4-7,12-13,15H,3,8-11,14H2,1-2H3,(H,25,30). The van der Waals surface area contributed by atoms with E-state index in [-0.39, 0.29) is 23.3 Å². The molecule has 0 spiro atoms. The van der Waals surface area contributed by atoms with Crippen LogP contribution in [0.3, 0.4) is 0 Å². The number of carbonyl (C=O) groups is 1. The summed E-state index contributed by atoms with van der Waals surface area (Å²) in [6, 6.07) is 7.81. The summed E-state index contributed by atoms with van der Waals surface area (Å²) >= 11 is 0. The summed E-state index contributed by atoms with van der Waals surface area (Å²) in [4.78, 5) is 39.9. The van der Waals surface area contributed by atoms with E-state index in [0.29, 0.717) is 5.56 Å². The van der Waals surface area contributed by atoms with E-state index in [2.05, 4.69) is 22.0 Å². The lowest BCUT2D eigenvalue weighted by Crippen LogP contribution is -2.46. The number of nitrogens with zero attached hydrogens (tertiary/aromatic N) is 4. The molecule has 180 valence electrons. The molecule has 4 rings (SSSR count). The Labute approximate surface area is 194 Å². The number of hydrogen-bond donors (Lipinski definition) is 1. The van der Waals surface area contributed by atoms with Crippen LogP contribution in [0.1, 0.15) is 25.5 Å². The molecule has 1 N–H and O–H groups in total. The van der Waals surface area contributed by atoms with Crippen molar-refractivity contribution in [3.63, 3.8) is 0 Å². The van der Waals surface area contributed by atoms with Gasteiger partial charge in [0, 0.05) is 43.5 Å². The molecular weight excluding hydrogens is 445 g/mol. The molecule has 1 aromatic heterocycles. The van der Waals surface area contributed by atoms with Crippen molar-refractivity contribution in [1.82, 2.24) is 14.8 Å². The predicted octanol–water partition coefficient (Wildman–Crippen LogP) is 2.66. The number of likely N-dealkylation sites (N-methyl/N-ethyl adjacent to an activating group) is 1. The quantitative estimate of drug-likeness (QED) is 0.416. The maximum Gasteiger partial charge on any atom is 0.420 e. The Hall–Kier alpha value is -3.73. The molecule has 1 atom stereocenters. The first-order valence-corrected chi connectivity index (χ1v) is 11.1. The minimum atomic E-state index is -0.793. The number of hydrogen-bond acceptors (Lipinski definition) is 7. The number of nitro benzene ring substituents is 1.